The summed E-state index contributed by atoms with van der Waals surface area (Å²) in [7, 11) is -3.58. The van der Waals surface area contributed by atoms with Crippen LogP contribution in [0.25, 0.3) is 10.8 Å². The third kappa shape index (κ3) is 2.76. The van der Waals surface area contributed by atoms with E-state index in [0.717, 1.165) is 10.8 Å². The molecule has 0 aliphatic carbocycles. The molecular formula is C14H15NO3S. The molecule has 2 N–H and O–H groups in total. The number of hydrogen-bond donors (Lipinski definition) is 1. The van der Waals surface area contributed by atoms with Crippen LogP contribution < -0.4 is 5.73 Å². The van der Waals surface area contributed by atoms with Crippen molar-refractivity contribution < 1.29 is 13.2 Å². The van der Waals surface area contributed by atoms with Crippen LogP contribution in [0.15, 0.2) is 42.5 Å². The van der Waals surface area contributed by atoms with Crippen molar-refractivity contribution >= 4 is 26.5 Å². The van der Waals surface area contributed by atoms with E-state index in [1.165, 1.54) is 6.92 Å². The normalized spacial score (nSPS) is 13.3. The summed E-state index contributed by atoms with van der Waals surface area (Å²) in [6.07, 6.45) is 0. The van der Waals surface area contributed by atoms with Gasteiger partial charge < -0.3 is 5.73 Å². The summed E-state index contributed by atoms with van der Waals surface area (Å²) >= 11 is 0. The van der Waals surface area contributed by atoms with Gasteiger partial charge in [-0.05, 0) is 23.3 Å². The van der Waals surface area contributed by atoms with Gasteiger partial charge >= 0.3 is 0 Å². The van der Waals surface area contributed by atoms with Crippen molar-refractivity contribution in [1.29, 1.82) is 0 Å². The van der Waals surface area contributed by atoms with E-state index < -0.39 is 21.0 Å². The minimum absolute atomic E-state index is 0.182. The summed E-state index contributed by atoms with van der Waals surface area (Å²) in [5.74, 6) is -1.00. The van der Waals surface area contributed by atoms with Crippen molar-refractivity contribution in [2.75, 3.05) is 0 Å². The molecule has 0 aliphatic heterocycles. The van der Waals surface area contributed by atoms with Crippen LogP contribution in [0, 0.1) is 0 Å². The van der Waals surface area contributed by atoms with E-state index in [0.29, 0.717) is 5.56 Å². The van der Waals surface area contributed by atoms with Crippen LogP contribution in [-0.4, -0.2) is 19.6 Å². The van der Waals surface area contributed by atoms with E-state index in [1.54, 1.807) is 6.07 Å². The number of sulfone groups is 1. The number of fused-ring (bicyclic) bond motifs is 1. The Morgan fingerprint density at radius 1 is 1.16 bits per heavy atom. The van der Waals surface area contributed by atoms with Gasteiger partial charge in [0.1, 0.15) is 5.25 Å². The first-order valence-electron chi connectivity index (χ1n) is 5.89. The lowest BCUT2D eigenvalue weighted by atomic mass is 10.1. The van der Waals surface area contributed by atoms with Crippen molar-refractivity contribution in [3.05, 3.63) is 48.0 Å². The van der Waals surface area contributed by atoms with E-state index in [9.17, 15) is 13.2 Å². The molecule has 19 heavy (non-hydrogen) atoms. The van der Waals surface area contributed by atoms with Gasteiger partial charge in [-0.15, -0.1) is 0 Å². The fourth-order valence-corrected chi connectivity index (χ4v) is 3.23. The Balaban J connectivity index is 2.45. The van der Waals surface area contributed by atoms with Gasteiger partial charge in [-0.25, -0.2) is 8.42 Å². The van der Waals surface area contributed by atoms with Crippen LogP contribution in [0.2, 0.25) is 0 Å². The van der Waals surface area contributed by atoms with E-state index in [1.807, 2.05) is 36.4 Å². The van der Waals surface area contributed by atoms with Gasteiger partial charge in [-0.1, -0.05) is 42.5 Å². The summed E-state index contributed by atoms with van der Waals surface area (Å²) < 4.78 is 24.2. The fourth-order valence-electron chi connectivity index (χ4n) is 1.94. The van der Waals surface area contributed by atoms with Crippen LogP contribution >= 0.6 is 0 Å². The summed E-state index contributed by atoms with van der Waals surface area (Å²) in [6, 6.07) is 13.0. The van der Waals surface area contributed by atoms with Crippen LogP contribution in [0.5, 0.6) is 0 Å². The van der Waals surface area contributed by atoms with Crippen LogP contribution in [0.3, 0.4) is 0 Å². The minimum Gasteiger partial charge on any atom is -0.369 e. The fraction of sp³-hybridized carbons (Fsp3) is 0.214. The number of carbonyl (C=O) groups excluding carboxylic acids is 1. The molecule has 2 aromatic carbocycles. The first-order valence-corrected chi connectivity index (χ1v) is 7.61. The molecule has 0 aliphatic rings. The molecule has 0 fully saturated rings. The number of carbonyl (C=O) groups is 1. The number of hydrogen-bond acceptors (Lipinski definition) is 3. The summed E-state index contributed by atoms with van der Waals surface area (Å²) in [6.45, 7) is 1.32. The monoisotopic (exact) mass is 277 g/mol. The second-order valence-corrected chi connectivity index (χ2v) is 6.81. The van der Waals surface area contributed by atoms with Crippen LogP contribution in [0.4, 0.5) is 0 Å². The van der Waals surface area contributed by atoms with Gasteiger partial charge in [-0.2, -0.15) is 0 Å². The largest absolute Gasteiger partial charge is 0.369 e. The van der Waals surface area contributed by atoms with E-state index in [2.05, 4.69) is 0 Å². The molecule has 1 atom stereocenters. The van der Waals surface area contributed by atoms with Gasteiger partial charge in [-0.3, -0.25) is 4.79 Å². The van der Waals surface area contributed by atoms with Gasteiger partial charge in [0, 0.05) is 0 Å². The van der Waals surface area contributed by atoms with Gasteiger partial charge in [0.25, 0.3) is 0 Å². The Morgan fingerprint density at radius 3 is 2.47 bits per heavy atom. The Kier molecular flexibility index (Phi) is 3.57. The zero-order chi connectivity index (χ0) is 14.0. The molecule has 0 saturated carbocycles. The lowest BCUT2D eigenvalue weighted by Crippen LogP contribution is -2.34. The molecule has 2 aromatic rings. The Bertz CT molecular complexity index is 717. The van der Waals surface area contributed by atoms with Crippen molar-refractivity contribution in [3.8, 4) is 0 Å². The maximum Gasteiger partial charge on any atom is 0.235 e. The molecule has 0 bridgehead atoms. The predicted molar refractivity (Wildman–Crippen MR) is 75.2 cm³/mol. The van der Waals surface area contributed by atoms with Crippen molar-refractivity contribution in [1.82, 2.24) is 0 Å². The van der Waals surface area contributed by atoms with Crippen molar-refractivity contribution in [2.24, 2.45) is 5.73 Å². The summed E-state index contributed by atoms with van der Waals surface area (Å²) in [5.41, 5.74) is 5.76. The molecule has 0 spiro atoms. The molecular weight excluding hydrogens is 262 g/mol. The maximum absolute atomic E-state index is 12.1. The number of rotatable bonds is 4. The Hall–Kier alpha value is -1.88. The Labute approximate surface area is 112 Å². The maximum atomic E-state index is 12.1. The highest BCUT2D eigenvalue weighted by molar-refractivity contribution is 7.92. The van der Waals surface area contributed by atoms with Gasteiger partial charge in [0.05, 0.1) is 5.75 Å². The van der Waals surface area contributed by atoms with Gasteiger partial charge in [0.15, 0.2) is 9.84 Å². The third-order valence-corrected chi connectivity index (χ3v) is 5.20. The molecule has 1 amide bonds. The van der Waals surface area contributed by atoms with E-state index >= 15 is 0 Å². The van der Waals surface area contributed by atoms with E-state index in [-0.39, 0.29) is 5.75 Å². The summed E-state index contributed by atoms with van der Waals surface area (Å²) in [4.78, 5) is 11.0. The molecule has 0 heterocycles. The highest BCUT2D eigenvalue weighted by atomic mass is 32.2. The van der Waals surface area contributed by atoms with Gasteiger partial charge in [0.2, 0.25) is 5.91 Å². The first kappa shape index (κ1) is 13.5. The molecule has 0 aromatic heterocycles. The standard InChI is InChI=1S/C14H15NO3S/c1-10(14(15)16)19(17,18)9-12-7-4-6-11-5-2-3-8-13(11)12/h2-8,10H,9H2,1H3,(H2,15,16). The molecule has 4 nitrogen and oxygen atoms in total. The molecule has 100 valence electrons. The smallest absolute Gasteiger partial charge is 0.235 e. The highest BCUT2D eigenvalue weighted by Gasteiger charge is 2.26. The van der Waals surface area contributed by atoms with Crippen LogP contribution in [0.1, 0.15) is 12.5 Å². The van der Waals surface area contributed by atoms with Crippen molar-refractivity contribution in [3.63, 3.8) is 0 Å². The average Bonchev–Trinajstić information content (AvgIpc) is 2.38. The highest BCUT2D eigenvalue weighted by Crippen LogP contribution is 2.21. The lowest BCUT2D eigenvalue weighted by molar-refractivity contribution is -0.117. The molecule has 2 rings (SSSR count). The van der Waals surface area contributed by atoms with Crippen molar-refractivity contribution in [2.45, 2.75) is 17.9 Å². The number of primary amides is 1. The lowest BCUT2D eigenvalue weighted by Gasteiger charge is -2.11. The molecule has 0 saturated heterocycles. The third-order valence-electron chi connectivity index (χ3n) is 3.18. The zero-order valence-electron chi connectivity index (χ0n) is 10.5. The minimum atomic E-state index is -3.58. The number of amides is 1. The Morgan fingerprint density at radius 2 is 1.79 bits per heavy atom. The second-order valence-electron chi connectivity index (χ2n) is 4.49. The topological polar surface area (TPSA) is 77.2 Å². The van der Waals surface area contributed by atoms with E-state index in [4.69, 9.17) is 5.73 Å². The SMILES string of the molecule is CC(C(N)=O)S(=O)(=O)Cc1cccc2ccccc12. The number of benzene rings is 2. The predicted octanol–water partition coefficient (Wildman–Crippen LogP) is 1.63. The quantitative estimate of drug-likeness (QED) is 0.922. The molecule has 5 heteroatoms. The zero-order valence-corrected chi connectivity index (χ0v) is 11.4. The van der Waals surface area contributed by atoms with Crippen LogP contribution in [-0.2, 0) is 20.4 Å². The molecule has 1 unspecified atom stereocenters. The summed E-state index contributed by atoms with van der Waals surface area (Å²) in [5, 5.41) is 0.679. The second kappa shape index (κ2) is 5.01. The first-order chi connectivity index (χ1) is 8.92. The number of nitrogens with two attached hydrogens (primary N) is 1. The average molecular weight is 277 g/mol. The molecule has 0 radical (unpaired) electrons.